The summed E-state index contributed by atoms with van der Waals surface area (Å²) in [5.74, 6) is 0. The van der Waals surface area contributed by atoms with Gasteiger partial charge < -0.3 is 28.8 Å². The fourth-order valence-corrected chi connectivity index (χ4v) is 20.2. The predicted octanol–water partition coefficient (Wildman–Crippen LogP) is 15.1. The van der Waals surface area contributed by atoms with Gasteiger partial charge in [-0.2, -0.15) is 0 Å². The number of rotatable bonds is 0. The van der Waals surface area contributed by atoms with E-state index in [0.29, 0.717) is 0 Å². The van der Waals surface area contributed by atoms with Crippen molar-refractivity contribution in [2.45, 2.75) is 349 Å². The third-order valence-electron chi connectivity index (χ3n) is 17.2. The van der Waals surface area contributed by atoms with Crippen LogP contribution in [0.1, 0.15) is 249 Å². The van der Waals surface area contributed by atoms with Crippen LogP contribution in [0.3, 0.4) is 0 Å². The smallest absolute Gasteiger partial charge is 0 e. The Morgan fingerprint density at radius 1 is 0.147 bits per heavy atom. The zero-order valence-electron chi connectivity index (χ0n) is 54.3. The molecule has 0 fully saturated rings. The molecule has 0 aromatic rings. The third-order valence-corrected chi connectivity index (χ3v) is 51.5. The second-order valence-electron chi connectivity index (χ2n) is 33.2. The van der Waals surface area contributed by atoms with Gasteiger partial charge in [0.15, 0.2) is 0 Å². The van der Waals surface area contributed by atoms with Crippen molar-refractivity contribution in [2.24, 2.45) is 0 Å². The molecule has 6 nitrogen and oxygen atoms in total. The van der Waals surface area contributed by atoms with E-state index in [1.165, 1.54) is 0 Å². The van der Waals surface area contributed by atoms with Crippen molar-refractivity contribution >= 4 is 49.9 Å². The molecule has 2 radical (unpaired) electrons. The molecule has 0 rings (SSSR count). The van der Waals surface area contributed by atoms with E-state index < -0.39 is 49.9 Å². The Kier molecular flexibility index (Phi) is 34.3. The Hall–Kier alpha value is 2.54. The van der Waals surface area contributed by atoms with Gasteiger partial charge in [-0.3, -0.25) is 0 Å². The van der Waals surface area contributed by atoms with Crippen LogP contribution in [0.4, 0.5) is 0 Å². The van der Waals surface area contributed by atoms with Gasteiger partial charge in [0, 0.05) is 44.8 Å². The van der Waals surface area contributed by atoms with Crippen LogP contribution in [-0.4, -0.2) is 49.9 Å². The van der Waals surface area contributed by atoms with Crippen LogP contribution in [0.5, 0.6) is 0 Å². The molecule has 418 valence electrons. The summed E-state index contributed by atoms with van der Waals surface area (Å²) in [7, 11) is -14.1. The predicted molar refractivity (Wildman–Crippen MR) is 306 cm³/mol. The van der Waals surface area contributed by atoms with Crippen LogP contribution in [-0.2, 0) is 44.8 Å². The first-order chi connectivity index (χ1) is 27.0. The summed E-state index contributed by atoms with van der Waals surface area (Å²) in [6, 6.07) is 0. The van der Waals surface area contributed by atoms with E-state index >= 15 is 0 Å². The van der Waals surface area contributed by atoms with E-state index in [0.717, 1.165) is 0 Å². The molecule has 0 aliphatic carbocycles. The maximum Gasteiger partial charge on any atom is 0 e. The van der Waals surface area contributed by atoms with Gasteiger partial charge in [-0.15, -0.1) is 0 Å². The second-order valence-corrected chi connectivity index (χ2v) is 63.6. The van der Waals surface area contributed by atoms with Gasteiger partial charge in [0.05, 0.1) is 0 Å². The molecule has 0 heterocycles. The van der Waals surface area contributed by atoms with Crippen molar-refractivity contribution in [1.82, 2.24) is 0 Å². The largest absolute Gasteiger partial charge is 0.858 e. The van der Waals surface area contributed by atoms with Crippen molar-refractivity contribution in [1.29, 1.82) is 0 Å². The average molecular weight is 1400 g/mol. The number of hydrogen-bond acceptors (Lipinski definition) is 6. The molecule has 0 aliphatic heterocycles. The molecular weight excluding hydrogens is 1270 g/mol. The molecule has 14 heteroatoms. The van der Waals surface area contributed by atoms with Crippen molar-refractivity contribution in [3.8, 4) is 0 Å². The standard InChI is InChI=1S/6C9H21OSi.2Ta/c6*1-8(2,3)11(7,10)9(4,5)6;;/h6*1-7H3;;/q6*-1;;. The Morgan fingerprint density at radius 3 is 0.176 bits per heavy atom. The van der Waals surface area contributed by atoms with E-state index in [4.69, 9.17) is 0 Å². The van der Waals surface area contributed by atoms with Gasteiger partial charge in [0.2, 0.25) is 0 Å². The average Bonchev–Trinajstić information content (AvgIpc) is 2.92. The minimum absolute atomic E-state index is 0. The first kappa shape index (κ1) is 87.2. The fourth-order valence-electron chi connectivity index (χ4n) is 6.75. The van der Waals surface area contributed by atoms with E-state index in [1.807, 2.05) is 39.3 Å². The van der Waals surface area contributed by atoms with Crippen LogP contribution >= 0.6 is 0 Å². The fraction of sp³-hybridized carbons (Fsp3) is 1.00. The molecule has 0 unspecified atom stereocenters. The summed E-state index contributed by atoms with van der Waals surface area (Å²) in [5, 5.41) is -0.437. The Balaban J connectivity index is -0.000000105. The molecule has 0 saturated heterocycles. The monoisotopic (exact) mass is 1400 g/mol. The minimum atomic E-state index is -2.36. The summed E-state index contributed by atoms with van der Waals surface area (Å²) >= 11 is 0. The zero-order valence-corrected chi connectivity index (χ0v) is 66.8. The molecule has 0 saturated carbocycles. The third kappa shape index (κ3) is 25.6. The summed E-state index contributed by atoms with van der Waals surface area (Å²) in [4.78, 5) is 73.7. The van der Waals surface area contributed by atoms with Gasteiger partial charge in [-0.1, -0.05) is 349 Å². The first-order valence-corrected chi connectivity index (χ1v) is 39.7. The van der Waals surface area contributed by atoms with Crippen LogP contribution in [0.25, 0.3) is 0 Å². The first-order valence-electron chi connectivity index (χ1n) is 25.2. The normalized spacial score (nSPS) is 14.8. The van der Waals surface area contributed by atoms with E-state index in [2.05, 4.69) is 249 Å². The van der Waals surface area contributed by atoms with E-state index in [9.17, 15) is 28.8 Å². The zero-order chi connectivity index (χ0) is 57.0. The van der Waals surface area contributed by atoms with Gasteiger partial charge in [0.1, 0.15) is 0 Å². The van der Waals surface area contributed by atoms with Crippen LogP contribution in [0.15, 0.2) is 0 Å². The molecule has 0 aromatic heterocycles. The van der Waals surface area contributed by atoms with Gasteiger partial charge in [-0.05, 0) is 49.9 Å². The summed E-state index contributed by atoms with van der Waals surface area (Å²) in [6.45, 7) is 86.0. The van der Waals surface area contributed by atoms with Crippen LogP contribution in [0, 0.1) is 0 Å². The summed E-state index contributed by atoms with van der Waals surface area (Å²) in [5.41, 5.74) is 0. The van der Waals surface area contributed by atoms with Gasteiger partial charge in [0.25, 0.3) is 0 Å². The Labute approximate surface area is 468 Å². The maximum atomic E-state index is 12.3. The molecule has 68 heavy (non-hydrogen) atoms. The van der Waals surface area contributed by atoms with E-state index in [-0.39, 0.29) is 105 Å². The topological polar surface area (TPSA) is 138 Å². The van der Waals surface area contributed by atoms with Crippen molar-refractivity contribution in [3.05, 3.63) is 0 Å². The van der Waals surface area contributed by atoms with E-state index in [1.54, 1.807) is 0 Å². The number of hydrogen-bond donors (Lipinski definition) is 0. The second kappa shape index (κ2) is 26.7. The summed E-state index contributed by atoms with van der Waals surface area (Å²) < 4.78 is 0. The van der Waals surface area contributed by atoms with Gasteiger partial charge in [-0.25, -0.2) is 0 Å². The molecule has 0 amide bonds. The Bertz CT molecular complexity index is 1020. The van der Waals surface area contributed by atoms with Crippen LogP contribution in [0.2, 0.25) is 99.7 Å². The molecular formula is C54H126O6Si6Ta2-6. The minimum Gasteiger partial charge on any atom is -0.858 e. The maximum absolute atomic E-state index is 12.3. The van der Waals surface area contributed by atoms with Crippen molar-refractivity contribution in [3.63, 3.8) is 0 Å². The SMILES string of the molecule is CC(C)(C)[Si](C)([O-])C(C)(C)C.CC(C)(C)[Si](C)([O-])C(C)(C)C.CC(C)(C)[Si](C)([O-])C(C)(C)C.CC(C)(C)[Si](C)([O-])C(C)(C)C.CC(C)(C)[Si](C)([O-])C(C)(C)C.CC(C)(C)[Si](C)([O-])C(C)(C)C.[Ta].[Ta]. The molecule has 0 N–H and O–H groups in total. The Morgan fingerprint density at radius 2 is 0.176 bits per heavy atom. The molecule has 0 bridgehead atoms. The molecule has 0 atom stereocenters. The van der Waals surface area contributed by atoms with Crippen molar-refractivity contribution in [2.75, 3.05) is 0 Å². The molecule has 0 aliphatic rings. The molecule has 0 aromatic carbocycles. The van der Waals surface area contributed by atoms with Gasteiger partial charge >= 0.3 is 0 Å². The van der Waals surface area contributed by atoms with Crippen LogP contribution < -0.4 is 28.8 Å². The quantitative estimate of drug-likeness (QED) is 0.221. The van der Waals surface area contributed by atoms with Crippen molar-refractivity contribution < 1.29 is 73.5 Å². The molecule has 0 spiro atoms. The summed E-state index contributed by atoms with van der Waals surface area (Å²) in [6.07, 6.45) is 0.